The normalized spacial score (nSPS) is 10.9. The first-order chi connectivity index (χ1) is 11.2. The summed E-state index contributed by atoms with van der Waals surface area (Å²) in [5, 5.41) is 0.503. The maximum atomic E-state index is 12.4. The highest BCUT2D eigenvalue weighted by molar-refractivity contribution is 5.79. The molecular formula is C16H21N3O4. The van der Waals surface area contributed by atoms with E-state index in [0.717, 1.165) is 0 Å². The van der Waals surface area contributed by atoms with Gasteiger partial charge in [-0.15, -0.1) is 0 Å². The van der Waals surface area contributed by atoms with Crippen molar-refractivity contribution in [3.8, 4) is 0 Å². The minimum absolute atomic E-state index is 0.0515. The highest BCUT2D eigenvalue weighted by atomic mass is 16.5. The fourth-order valence-electron chi connectivity index (χ4n) is 2.23. The van der Waals surface area contributed by atoms with Crippen molar-refractivity contribution in [2.45, 2.75) is 6.54 Å². The summed E-state index contributed by atoms with van der Waals surface area (Å²) >= 11 is 0. The first-order valence-corrected chi connectivity index (χ1v) is 7.37. The van der Waals surface area contributed by atoms with Crippen molar-refractivity contribution in [3.05, 3.63) is 40.9 Å². The van der Waals surface area contributed by atoms with E-state index < -0.39 is 0 Å². The molecule has 0 saturated heterocycles. The van der Waals surface area contributed by atoms with Gasteiger partial charge in [-0.1, -0.05) is 12.1 Å². The molecule has 0 aliphatic carbocycles. The van der Waals surface area contributed by atoms with Crippen molar-refractivity contribution < 1.29 is 14.3 Å². The summed E-state index contributed by atoms with van der Waals surface area (Å²) in [6.45, 7) is 1.72. The van der Waals surface area contributed by atoms with Crippen molar-refractivity contribution >= 4 is 16.8 Å². The number of carbonyl (C=O) groups excluding carboxylic acids is 1. The van der Waals surface area contributed by atoms with E-state index in [0.29, 0.717) is 37.2 Å². The van der Waals surface area contributed by atoms with E-state index in [4.69, 9.17) is 9.47 Å². The fourth-order valence-corrected chi connectivity index (χ4v) is 2.23. The Hall–Kier alpha value is -2.25. The number of para-hydroxylation sites is 1. The van der Waals surface area contributed by atoms with Crippen LogP contribution in [0.1, 0.15) is 0 Å². The van der Waals surface area contributed by atoms with Gasteiger partial charge in [0.05, 0.1) is 30.4 Å². The molecule has 0 bridgehead atoms. The summed E-state index contributed by atoms with van der Waals surface area (Å²) < 4.78 is 11.4. The summed E-state index contributed by atoms with van der Waals surface area (Å²) in [4.78, 5) is 30.7. The molecule has 0 aliphatic heterocycles. The summed E-state index contributed by atoms with van der Waals surface area (Å²) in [5.41, 5.74) is 0.402. The van der Waals surface area contributed by atoms with Crippen molar-refractivity contribution in [1.29, 1.82) is 0 Å². The van der Waals surface area contributed by atoms with Gasteiger partial charge in [0.2, 0.25) is 5.91 Å². The summed E-state index contributed by atoms with van der Waals surface area (Å²) in [6, 6.07) is 7.08. The Morgan fingerprint density at radius 1 is 1.17 bits per heavy atom. The van der Waals surface area contributed by atoms with E-state index in [2.05, 4.69) is 4.98 Å². The van der Waals surface area contributed by atoms with Gasteiger partial charge in [-0.05, 0) is 12.1 Å². The number of carbonyl (C=O) groups is 1. The predicted octanol–water partition coefficient (Wildman–Crippen LogP) is 0.518. The van der Waals surface area contributed by atoms with Gasteiger partial charge in [0, 0.05) is 27.3 Å². The molecule has 0 saturated carbocycles. The van der Waals surface area contributed by atoms with Crippen LogP contribution in [0.4, 0.5) is 0 Å². The zero-order chi connectivity index (χ0) is 16.7. The second kappa shape index (κ2) is 8.40. The molecule has 0 unspecified atom stereocenters. The van der Waals surface area contributed by atoms with Crippen LogP contribution in [0.5, 0.6) is 0 Å². The second-order valence-electron chi connectivity index (χ2n) is 5.06. The molecule has 1 heterocycles. The monoisotopic (exact) mass is 319 g/mol. The number of rotatable bonds is 8. The van der Waals surface area contributed by atoms with Crippen LogP contribution in [0.15, 0.2) is 35.4 Å². The fraction of sp³-hybridized carbons (Fsp3) is 0.438. The van der Waals surface area contributed by atoms with Gasteiger partial charge in [-0.25, -0.2) is 4.98 Å². The Balaban J connectivity index is 2.17. The Morgan fingerprint density at radius 3 is 2.48 bits per heavy atom. The van der Waals surface area contributed by atoms with Crippen LogP contribution < -0.4 is 5.56 Å². The third kappa shape index (κ3) is 4.37. The molecular weight excluding hydrogens is 298 g/mol. The molecule has 124 valence electrons. The van der Waals surface area contributed by atoms with Gasteiger partial charge in [-0.2, -0.15) is 0 Å². The predicted molar refractivity (Wildman–Crippen MR) is 86.3 cm³/mol. The topological polar surface area (TPSA) is 73.7 Å². The highest BCUT2D eigenvalue weighted by Crippen LogP contribution is 2.05. The number of hydrogen-bond donors (Lipinski definition) is 0. The maximum Gasteiger partial charge on any atom is 0.261 e. The SMILES string of the molecule is COCCN(CCOC)C(=O)Cn1cnc2ccccc2c1=O. The van der Waals surface area contributed by atoms with Gasteiger partial charge in [0.1, 0.15) is 6.54 Å². The van der Waals surface area contributed by atoms with Crippen LogP contribution in [0, 0.1) is 0 Å². The zero-order valence-electron chi connectivity index (χ0n) is 13.4. The average molecular weight is 319 g/mol. The summed E-state index contributed by atoms with van der Waals surface area (Å²) in [7, 11) is 3.16. The average Bonchev–Trinajstić information content (AvgIpc) is 2.57. The number of fused-ring (bicyclic) bond motifs is 1. The molecule has 1 aromatic carbocycles. The van der Waals surface area contributed by atoms with Crippen molar-refractivity contribution in [2.75, 3.05) is 40.5 Å². The number of aromatic nitrogens is 2. The van der Waals surface area contributed by atoms with Gasteiger partial charge in [0.15, 0.2) is 0 Å². The van der Waals surface area contributed by atoms with E-state index >= 15 is 0 Å². The van der Waals surface area contributed by atoms with Gasteiger partial charge >= 0.3 is 0 Å². The zero-order valence-corrected chi connectivity index (χ0v) is 13.4. The van der Waals surface area contributed by atoms with E-state index in [1.165, 1.54) is 10.9 Å². The number of ether oxygens (including phenoxy) is 2. The third-order valence-electron chi connectivity index (χ3n) is 3.52. The lowest BCUT2D eigenvalue weighted by molar-refractivity contribution is -0.133. The van der Waals surface area contributed by atoms with Gasteiger partial charge < -0.3 is 14.4 Å². The summed E-state index contributed by atoms with van der Waals surface area (Å²) in [6.07, 6.45) is 1.41. The van der Waals surface area contributed by atoms with Crippen molar-refractivity contribution in [1.82, 2.24) is 14.5 Å². The minimum atomic E-state index is -0.220. The number of amides is 1. The molecule has 0 atom stereocenters. The minimum Gasteiger partial charge on any atom is -0.383 e. The Kier molecular flexibility index (Phi) is 6.25. The Labute approximate surface area is 134 Å². The van der Waals surface area contributed by atoms with Crippen LogP contribution in [-0.2, 0) is 20.8 Å². The lowest BCUT2D eigenvalue weighted by atomic mass is 10.2. The number of hydrogen-bond acceptors (Lipinski definition) is 5. The second-order valence-corrected chi connectivity index (χ2v) is 5.06. The molecule has 2 rings (SSSR count). The highest BCUT2D eigenvalue weighted by Gasteiger charge is 2.15. The van der Waals surface area contributed by atoms with Crippen molar-refractivity contribution in [3.63, 3.8) is 0 Å². The van der Waals surface area contributed by atoms with Crippen LogP contribution in [0.2, 0.25) is 0 Å². The van der Waals surface area contributed by atoms with E-state index in [1.54, 1.807) is 37.3 Å². The summed E-state index contributed by atoms with van der Waals surface area (Å²) in [5.74, 6) is -0.168. The molecule has 7 nitrogen and oxygen atoms in total. The van der Waals surface area contributed by atoms with Crippen LogP contribution >= 0.6 is 0 Å². The van der Waals surface area contributed by atoms with Crippen LogP contribution in [0.25, 0.3) is 10.9 Å². The van der Waals surface area contributed by atoms with E-state index in [9.17, 15) is 9.59 Å². The molecule has 2 aromatic rings. The maximum absolute atomic E-state index is 12.4. The van der Waals surface area contributed by atoms with Gasteiger partial charge in [-0.3, -0.25) is 14.2 Å². The molecule has 7 heteroatoms. The molecule has 0 aliphatic rings. The molecule has 1 aromatic heterocycles. The molecule has 1 amide bonds. The first kappa shape index (κ1) is 17.1. The first-order valence-electron chi connectivity index (χ1n) is 7.37. The lowest BCUT2D eigenvalue weighted by Crippen LogP contribution is -2.40. The molecule has 0 spiro atoms. The van der Waals surface area contributed by atoms with Gasteiger partial charge in [0.25, 0.3) is 5.56 Å². The number of benzene rings is 1. The molecule has 0 fully saturated rings. The Morgan fingerprint density at radius 2 is 1.83 bits per heavy atom. The number of methoxy groups -OCH3 is 2. The van der Waals surface area contributed by atoms with Crippen LogP contribution in [-0.4, -0.2) is 60.9 Å². The Bertz CT molecular complexity index is 706. The molecule has 23 heavy (non-hydrogen) atoms. The van der Waals surface area contributed by atoms with Crippen molar-refractivity contribution in [2.24, 2.45) is 0 Å². The lowest BCUT2D eigenvalue weighted by Gasteiger charge is -2.22. The smallest absolute Gasteiger partial charge is 0.261 e. The molecule has 0 N–H and O–H groups in total. The largest absolute Gasteiger partial charge is 0.383 e. The third-order valence-corrected chi connectivity index (χ3v) is 3.52. The van der Waals surface area contributed by atoms with E-state index in [1.807, 2.05) is 6.07 Å². The van der Waals surface area contributed by atoms with Crippen LogP contribution in [0.3, 0.4) is 0 Å². The quantitative estimate of drug-likeness (QED) is 0.709. The van der Waals surface area contributed by atoms with E-state index in [-0.39, 0.29) is 18.0 Å². The molecule has 0 radical (unpaired) electrons. The number of nitrogens with zero attached hydrogens (tertiary/aromatic N) is 3. The standard InChI is InChI=1S/C16H21N3O4/c1-22-9-7-18(8-10-23-2)15(20)11-19-12-17-14-6-4-3-5-13(14)16(19)21/h3-6,12H,7-11H2,1-2H3.